The van der Waals surface area contributed by atoms with E-state index >= 15 is 0 Å². The highest BCUT2D eigenvalue weighted by atomic mass is 16.2. The van der Waals surface area contributed by atoms with Crippen LogP contribution in [0.4, 0.5) is 5.82 Å². The molecule has 0 fully saturated rings. The lowest BCUT2D eigenvalue weighted by atomic mass is 9.92. The summed E-state index contributed by atoms with van der Waals surface area (Å²) < 4.78 is 1.79. The number of hydrogen-bond acceptors (Lipinski definition) is 3. The minimum absolute atomic E-state index is 0.0172. The fourth-order valence-corrected chi connectivity index (χ4v) is 3.78. The SMILES string of the molecule is CCCCN(CC(=O)Nc1cc(C(C)(C)C)nn1-c1ccc(C)cc1C)C(=O)c1ccccc1. The van der Waals surface area contributed by atoms with Crippen molar-refractivity contribution in [2.45, 2.75) is 59.8 Å². The van der Waals surface area contributed by atoms with Crippen LogP contribution in [0.3, 0.4) is 0 Å². The Kier molecular flexibility index (Phi) is 7.92. The summed E-state index contributed by atoms with van der Waals surface area (Å²) in [5.74, 6) is 0.221. The predicted octanol–water partition coefficient (Wildman–Crippen LogP) is 5.67. The summed E-state index contributed by atoms with van der Waals surface area (Å²) in [5.41, 5.74) is 4.44. The summed E-state index contributed by atoms with van der Waals surface area (Å²) in [7, 11) is 0. The van der Waals surface area contributed by atoms with E-state index < -0.39 is 0 Å². The van der Waals surface area contributed by atoms with Crippen molar-refractivity contribution in [2.75, 3.05) is 18.4 Å². The van der Waals surface area contributed by atoms with Gasteiger partial charge in [0.25, 0.3) is 5.91 Å². The van der Waals surface area contributed by atoms with E-state index in [0.29, 0.717) is 17.9 Å². The van der Waals surface area contributed by atoms with Crippen LogP contribution in [0, 0.1) is 13.8 Å². The van der Waals surface area contributed by atoms with Crippen molar-refractivity contribution in [3.8, 4) is 5.69 Å². The van der Waals surface area contributed by atoms with Gasteiger partial charge in [-0.25, -0.2) is 4.68 Å². The number of nitrogens with zero attached hydrogens (tertiary/aromatic N) is 3. The number of benzene rings is 2. The first-order valence-corrected chi connectivity index (χ1v) is 11.9. The number of aryl methyl sites for hydroxylation is 2. The number of rotatable bonds is 8. The van der Waals surface area contributed by atoms with Gasteiger partial charge >= 0.3 is 0 Å². The highest BCUT2D eigenvalue weighted by Crippen LogP contribution is 2.27. The van der Waals surface area contributed by atoms with Crippen LogP contribution in [0.25, 0.3) is 5.69 Å². The Hall–Kier alpha value is -3.41. The van der Waals surface area contributed by atoms with Crippen LogP contribution in [0.5, 0.6) is 0 Å². The van der Waals surface area contributed by atoms with Crippen LogP contribution in [0.2, 0.25) is 0 Å². The minimum Gasteiger partial charge on any atom is -0.329 e. The van der Waals surface area contributed by atoms with Crippen LogP contribution in [0.15, 0.2) is 54.6 Å². The molecule has 3 aromatic rings. The van der Waals surface area contributed by atoms with Crippen molar-refractivity contribution in [2.24, 2.45) is 0 Å². The monoisotopic (exact) mass is 460 g/mol. The van der Waals surface area contributed by atoms with Crippen LogP contribution in [-0.2, 0) is 10.2 Å². The number of carbonyl (C=O) groups is 2. The number of nitrogens with one attached hydrogen (secondary N) is 1. The van der Waals surface area contributed by atoms with E-state index in [1.54, 1.807) is 21.7 Å². The molecule has 6 nitrogen and oxygen atoms in total. The molecule has 6 heteroatoms. The molecule has 3 rings (SSSR count). The maximum absolute atomic E-state index is 13.2. The van der Waals surface area contributed by atoms with Gasteiger partial charge in [-0.2, -0.15) is 5.10 Å². The zero-order chi connectivity index (χ0) is 24.9. The molecule has 1 aromatic heterocycles. The number of anilines is 1. The fourth-order valence-electron chi connectivity index (χ4n) is 3.78. The van der Waals surface area contributed by atoms with Gasteiger partial charge in [0.15, 0.2) is 0 Å². The van der Waals surface area contributed by atoms with E-state index in [1.807, 2.05) is 43.3 Å². The van der Waals surface area contributed by atoms with Crippen molar-refractivity contribution < 1.29 is 9.59 Å². The summed E-state index contributed by atoms with van der Waals surface area (Å²) >= 11 is 0. The predicted molar refractivity (Wildman–Crippen MR) is 138 cm³/mol. The molecule has 0 aliphatic heterocycles. The molecule has 0 aliphatic rings. The van der Waals surface area contributed by atoms with Gasteiger partial charge in [-0.15, -0.1) is 0 Å². The van der Waals surface area contributed by atoms with Crippen LogP contribution < -0.4 is 5.32 Å². The molecule has 2 amide bonds. The number of carbonyl (C=O) groups excluding carboxylic acids is 2. The first-order chi connectivity index (χ1) is 16.1. The lowest BCUT2D eigenvalue weighted by molar-refractivity contribution is -0.117. The van der Waals surface area contributed by atoms with Gasteiger partial charge in [0.2, 0.25) is 5.91 Å². The molecule has 2 aromatic carbocycles. The highest BCUT2D eigenvalue weighted by molar-refractivity contribution is 5.99. The molecular formula is C28H36N4O2. The Morgan fingerprint density at radius 2 is 1.74 bits per heavy atom. The number of aromatic nitrogens is 2. The average Bonchev–Trinajstić information content (AvgIpc) is 3.20. The Morgan fingerprint density at radius 3 is 2.35 bits per heavy atom. The summed E-state index contributed by atoms with van der Waals surface area (Å²) in [4.78, 5) is 27.8. The molecule has 0 radical (unpaired) electrons. The van der Waals surface area contributed by atoms with Crippen molar-refractivity contribution in [1.29, 1.82) is 0 Å². The summed E-state index contributed by atoms with van der Waals surface area (Å²) in [6, 6.07) is 17.2. The van der Waals surface area contributed by atoms with E-state index in [4.69, 9.17) is 5.10 Å². The quantitative estimate of drug-likeness (QED) is 0.471. The Bertz CT molecular complexity index is 1140. The van der Waals surface area contributed by atoms with E-state index in [2.05, 4.69) is 46.0 Å². The Balaban J connectivity index is 1.88. The topological polar surface area (TPSA) is 67.2 Å². The van der Waals surface area contributed by atoms with Gasteiger partial charge in [0, 0.05) is 23.6 Å². The molecule has 0 bridgehead atoms. The zero-order valence-corrected chi connectivity index (χ0v) is 21.2. The molecule has 34 heavy (non-hydrogen) atoms. The standard InChI is InChI=1S/C28H36N4O2/c1-7-8-16-31(27(34)22-12-10-9-11-13-22)19-26(33)29-25-18-24(28(4,5)6)30-32(25)23-15-14-20(2)17-21(23)3/h9-15,17-18H,7-8,16,19H2,1-6H3,(H,29,33). The maximum atomic E-state index is 13.2. The summed E-state index contributed by atoms with van der Waals surface area (Å²) in [6.45, 7) is 13.0. The summed E-state index contributed by atoms with van der Waals surface area (Å²) in [6.07, 6.45) is 1.77. The second-order valence-electron chi connectivity index (χ2n) is 9.86. The van der Waals surface area contributed by atoms with E-state index in [9.17, 15) is 9.59 Å². The van der Waals surface area contributed by atoms with Gasteiger partial charge in [0.1, 0.15) is 12.4 Å². The van der Waals surface area contributed by atoms with Crippen molar-refractivity contribution in [3.63, 3.8) is 0 Å². The van der Waals surface area contributed by atoms with Gasteiger partial charge < -0.3 is 10.2 Å². The molecule has 0 saturated heterocycles. The number of unbranched alkanes of at least 4 members (excludes halogenated alkanes) is 1. The van der Waals surface area contributed by atoms with E-state index in [-0.39, 0.29) is 23.8 Å². The van der Waals surface area contributed by atoms with E-state index in [1.165, 1.54) is 5.56 Å². The maximum Gasteiger partial charge on any atom is 0.254 e. The second-order valence-corrected chi connectivity index (χ2v) is 9.86. The second kappa shape index (κ2) is 10.7. The largest absolute Gasteiger partial charge is 0.329 e. The molecule has 0 unspecified atom stereocenters. The highest BCUT2D eigenvalue weighted by Gasteiger charge is 2.24. The fraction of sp³-hybridized carbons (Fsp3) is 0.393. The zero-order valence-electron chi connectivity index (χ0n) is 21.2. The number of hydrogen-bond donors (Lipinski definition) is 1. The normalized spacial score (nSPS) is 11.4. The van der Waals surface area contributed by atoms with Crippen LogP contribution >= 0.6 is 0 Å². The Labute approximate surface area is 203 Å². The van der Waals surface area contributed by atoms with Gasteiger partial charge in [0.05, 0.1) is 11.4 Å². The van der Waals surface area contributed by atoms with Crippen molar-refractivity contribution >= 4 is 17.6 Å². The molecule has 1 heterocycles. The van der Waals surface area contributed by atoms with Gasteiger partial charge in [-0.1, -0.05) is 70.0 Å². The van der Waals surface area contributed by atoms with Crippen LogP contribution in [0.1, 0.15) is 67.7 Å². The molecule has 0 aliphatic carbocycles. The first kappa shape index (κ1) is 25.2. The van der Waals surface area contributed by atoms with Crippen molar-refractivity contribution in [3.05, 3.63) is 77.0 Å². The third-order valence-corrected chi connectivity index (χ3v) is 5.75. The molecule has 180 valence electrons. The van der Waals surface area contributed by atoms with Crippen molar-refractivity contribution in [1.82, 2.24) is 14.7 Å². The van der Waals surface area contributed by atoms with Gasteiger partial charge in [-0.05, 0) is 44.0 Å². The first-order valence-electron chi connectivity index (χ1n) is 11.9. The van der Waals surface area contributed by atoms with Crippen LogP contribution in [-0.4, -0.2) is 39.6 Å². The number of amides is 2. The molecule has 1 N–H and O–H groups in total. The third-order valence-electron chi connectivity index (χ3n) is 5.75. The lowest BCUT2D eigenvalue weighted by Gasteiger charge is -2.22. The lowest BCUT2D eigenvalue weighted by Crippen LogP contribution is -2.39. The van der Waals surface area contributed by atoms with E-state index in [0.717, 1.165) is 29.8 Å². The molecule has 0 saturated carbocycles. The Morgan fingerprint density at radius 1 is 1.03 bits per heavy atom. The smallest absolute Gasteiger partial charge is 0.254 e. The molecule has 0 atom stereocenters. The summed E-state index contributed by atoms with van der Waals surface area (Å²) in [5, 5.41) is 7.85. The van der Waals surface area contributed by atoms with Gasteiger partial charge in [-0.3, -0.25) is 9.59 Å². The molecule has 0 spiro atoms. The average molecular weight is 461 g/mol. The molecular weight excluding hydrogens is 424 g/mol. The minimum atomic E-state index is -0.244. The third kappa shape index (κ3) is 6.13.